The molecule has 0 saturated heterocycles. The summed E-state index contributed by atoms with van der Waals surface area (Å²) in [5.74, 6) is -0.0542. The van der Waals surface area contributed by atoms with Gasteiger partial charge in [0.2, 0.25) is 0 Å². The molecule has 0 unspecified atom stereocenters. The summed E-state index contributed by atoms with van der Waals surface area (Å²) in [6, 6.07) is 14.2. The monoisotopic (exact) mass is 268 g/mol. The van der Waals surface area contributed by atoms with Crippen molar-refractivity contribution < 1.29 is 4.79 Å². The molecule has 0 spiro atoms. The normalized spacial score (nSPS) is 10.2. The third kappa shape index (κ3) is 3.18. The van der Waals surface area contributed by atoms with Crippen LogP contribution in [0.3, 0.4) is 0 Å². The summed E-state index contributed by atoms with van der Waals surface area (Å²) < 4.78 is 0. The molecule has 3 nitrogen and oxygen atoms in total. The van der Waals surface area contributed by atoms with Gasteiger partial charge in [-0.2, -0.15) is 0 Å². The number of carbonyl (C=O) groups excluding carboxylic acids is 1. The number of nitrogens with one attached hydrogen (secondary N) is 2. The number of anilines is 1. The Morgan fingerprint density at radius 3 is 2.40 bits per heavy atom. The van der Waals surface area contributed by atoms with E-state index in [1.165, 1.54) is 11.1 Å². The first kappa shape index (κ1) is 14.1. The Bertz CT molecular complexity index is 603. The van der Waals surface area contributed by atoms with Crippen LogP contribution in [0.5, 0.6) is 0 Å². The van der Waals surface area contributed by atoms with Crippen molar-refractivity contribution in [1.82, 2.24) is 5.32 Å². The van der Waals surface area contributed by atoms with Gasteiger partial charge in [-0.05, 0) is 37.1 Å². The van der Waals surface area contributed by atoms with Crippen molar-refractivity contribution in [3.63, 3.8) is 0 Å². The van der Waals surface area contributed by atoms with Crippen molar-refractivity contribution in [1.29, 1.82) is 0 Å². The zero-order chi connectivity index (χ0) is 14.5. The van der Waals surface area contributed by atoms with Crippen LogP contribution >= 0.6 is 0 Å². The quantitative estimate of drug-likeness (QED) is 0.893. The van der Waals surface area contributed by atoms with Crippen LogP contribution in [0, 0.1) is 13.8 Å². The molecular formula is C17H20N2O. The second-order valence-electron chi connectivity index (χ2n) is 4.90. The maximum Gasteiger partial charge on any atom is 0.251 e. The molecule has 0 aromatic heterocycles. The highest BCUT2D eigenvalue weighted by Gasteiger charge is 2.09. The standard InChI is InChI=1S/C17H20N2O/c1-12-7-9-14(10-8-12)11-19-16-6-4-5-15(13(16)2)17(20)18-3/h4-10,19H,11H2,1-3H3,(H,18,20). The average molecular weight is 268 g/mol. The zero-order valence-electron chi connectivity index (χ0n) is 12.2. The lowest BCUT2D eigenvalue weighted by Crippen LogP contribution is -2.19. The van der Waals surface area contributed by atoms with Crippen LogP contribution in [-0.2, 0) is 6.54 Å². The third-order valence-electron chi connectivity index (χ3n) is 3.41. The second-order valence-corrected chi connectivity index (χ2v) is 4.90. The van der Waals surface area contributed by atoms with Crippen molar-refractivity contribution in [2.75, 3.05) is 12.4 Å². The summed E-state index contributed by atoms with van der Waals surface area (Å²) in [6.45, 7) is 4.79. The molecule has 0 heterocycles. The van der Waals surface area contributed by atoms with E-state index in [2.05, 4.69) is 41.8 Å². The Hall–Kier alpha value is -2.29. The number of aryl methyl sites for hydroxylation is 1. The van der Waals surface area contributed by atoms with Gasteiger partial charge in [-0.15, -0.1) is 0 Å². The highest BCUT2D eigenvalue weighted by molar-refractivity contribution is 5.96. The van der Waals surface area contributed by atoms with Crippen LogP contribution in [0.15, 0.2) is 42.5 Å². The molecule has 2 rings (SSSR count). The molecule has 0 saturated carbocycles. The van der Waals surface area contributed by atoms with Crippen LogP contribution in [-0.4, -0.2) is 13.0 Å². The topological polar surface area (TPSA) is 41.1 Å². The minimum absolute atomic E-state index is 0.0542. The van der Waals surface area contributed by atoms with Crippen molar-refractivity contribution in [2.24, 2.45) is 0 Å². The summed E-state index contributed by atoms with van der Waals surface area (Å²) in [5, 5.41) is 6.05. The van der Waals surface area contributed by atoms with Gasteiger partial charge in [0.25, 0.3) is 5.91 Å². The van der Waals surface area contributed by atoms with Crippen molar-refractivity contribution in [2.45, 2.75) is 20.4 Å². The van der Waals surface area contributed by atoms with E-state index in [-0.39, 0.29) is 5.91 Å². The Kier molecular flexibility index (Phi) is 4.41. The first-order valence-electron chi connectivity index (χ1n) is 6.73. The minimum atomic E-state index is -0.0542. The number of hydrogen-bond donors (Lipinski definition) is 2. The molecule has 0 radical (unpaired) electrons. The van der Waals surface area contributed by atoms with Crippen LogP contribution in [0.2, 0.25) is 0 Å². The largest absolute Gasteiger partial charge is 0.381 e. The maximum atomic E-state index is 11.8. The molecule has 2 aromatic carbocycles. The lowest BCUT2D eigenvalue weighted by Gasteiger charge is -2.13. The molecule has 2 N–H and O–H groups in total. The predicted molar refractivity (Wildman–Crippen MR) is 83.1 cm³/mol. The number of amides is 1. The predicted octanol–water partition coefficient (Wildman–Crippen LogP) is 3.28. The van der Waals surface area contributed by atoms with Crippen molar-refractivity contribution in [3.8, 4) is 0 Å². The summed E-state index contributed by atoms with van der Waals surface area (Å²) in [7, 11) is 1.65. The van der Waals surface area contributed by atoms with Gasteiger partial charge in [-0.3, -0.25) is 4.79 Å². The Morgan fingerprint density at radius 2 is 1.75 bits per heavy atom. The fourth-order valence-electron chi connectivity index (χ4n) is 2.11. The van der Waals surface area contributed by atoms with Gasteiger partial charge in [-0.25, -0.2) is 0 Å². The fourth-order valence-corrected chi connectivity index (χ4v) is 2.11. The molecule has 0 bridgehead atoms. The van der Waals surface area contributed by atoms with E-state index >= 15 is 0 Å². The molecule has 0 fully saturated rings. The highest BCUT2D eigenvalue weighted by Crippen LogP contribution is 2.19. The summed E-state index contributed by atoms with van der Waals surface area (Å²) in [6.07, 6.45) is 0. The van der Waals surface area contributed by atoms with E-state index in [1.807, 2.05) is 25.1 Å². The molecule has 20 heavy (non-hydrogen) atoms. The van der Waals surface area contributed by atoms with E-state index in [4.69, 9.17) is 0 Å². The van der Waals surface area contributed by atoms with E-state index in [0.29, 0.717) is 5.56 Å². The molecule has 0 atom stereocenters. The molecular weight excluding hydrogens is 248 g/mol. The smallest absolute Gasteiger partial charge is 0.251 e. The van der Waals surface area contributed by atoms with E-state index in [1.54, 1.807) is 7.05 Å². The molecule has 3 heteroatoms. The third-order valence-corrected chi connectivity index (χ3v) is 3.41. The Balaban J connectivity index is 2.13. The average Bonchev–Trinajstić information content (AvgIpc) is 2.47. The first-order valence-corrected chi connectivity index (χ1v) is 6.73. The number of rotatable bonds is 4. The van der Waals surface area contributed by atoms with Crippen LogP contribution in [0.4, 0.5) is 5.69 Å². The van der Waals surface area contributed by atoms with Crippen molar-refractivity contribution in [3.05, 3.63) is 64.7 Å². The molecule has 0 aliphatic heterocycles. The molecule has 104 valence electrons. The van der Waals surface area contributed by atoms with Crippen LogP contribution in [0.1, 0.15) is 27.0 Å². The van der Waals surface area contributed by atoms with Crippen LogP contribution in [0.25, 0.3) is 0 Å². The maximum absolute atomic E-state index is 11.8. The molecule has 0 aliphatic rings. The summed E-state index contributed by atoms with van der Waals surface area (Å²) in [5.41, 5.74) is 5.15. The Labute approximate surface area is 120 Å². The van der Waals surface area contributed by atoms with Gasteiger partial charge in [0.05, 0.1) is 0 Å². The van der Waals surface area contributed by atoms with E-state index in [9.17, 15) is 4.79 Å². The molecule has 1 amide bonds. The van der Waals surface area contributed by atoms with Gasteiger partial charge in [-0.1, -0.05) is 35.9 Å². The SMILES string of the molecule is CNC(=O)c1cccc(NCc2ccc(C)cc2)c1C. The van der Waals surface area contributed by atoms with Gasteiger partial charge >= 0.3 is 0 Å². The number of benzene rings is 2. The van der Waals surface area contributed by atoms with Gasteiger partial charge in [0, 0.05) is 24.8 Å². The summed E-state index contributed by atoms with van der Waals surface area (Å²) in [4.78, 5) is 11.8. The number of hydrogen-bond acceptors (Lipinski definition) is 2. The molecule has 2 aromatic rings. The fraction of sp³-hybridized carbons (Fsp3) is 0.235. The van der Waals surface area contributed by atoms with Crippen molar-refractivity contribution >= 4 is 11.6 Å². The van der Waals surface area contributed by atoms with E-state index in [0.717, 1.165) is 17.8 Å². The van der Waals surface area contributed by atoms with Gasteiger partial charge in [0.15, 0.2) is 0 Å². The van der Waals surface area contributed by atoms with E-state index < -0.39 is 0 Å². The Morgan fingerprint density at radius 1 is 1.05 bits per heavy atom. The second kappa shape index (κ2) is 6.24. The lowest BCUT2D eigenvalue weighted by atomic mass is 10.1. The first-order chi connectivity index (χ1) is 9.61. The highest BCUT2D eigenvalue weighted by atomic mass is 16.1. The van der Waals surface area contributed by atoms with Gasteiger partial charge < -0.3 is 10.6 Å². The van der Waals surface area contributed by atoms with Crippen LogP contribution < -0.4 is 10.6 Å². The summed E-state index contributed by atoms with van der Waals surface area (Å²) >= 11 is 0. The minimum Gasteiger partial charge on any atom is -0.381 e. The zero-order valence-corrected chi connectivity index (χ0v) is 12.2. The molecule has 0 aliphatic carbocycles. The number of carbonyl (C=O) groups is 1. The lowest BCUT2D eigenvalue weighted by molar-refractivity contribution is 0.0962. The van der Waals surface area contributed by atoms with Gasteiger partial charge in [0.1, 0.15) is 0 Å².